The van der Waals surface area contributed by atoms with E-state index in [9.17, 15) is 18.0 Å². The number of amides is 1. The minimum Gasteiger partial charge on any atom is -0.483 e. The van der Waals surface area contributed by atoms with Crippen LogP contribution in [0.15, 0.2) is 35.5 Å². The molecule has 0 bridgehead atoms. The van der Waals surface area contributed by atoms with Gasteiger partial charge in [-0.1, -0.05) is 24.6 Å². The lowest BCUT2D eigenvalue weighted by molar-refractivity contribution is -0.121. The van der Waals surface area contributed by atoms with E-state index < -0.39 is 22.5 Å². The lowest BCUT2D eigenvalue weighted by Crippen LogP contribution is -2.35. The summed E-state index contributed by atoms with van der Waals surface area (Å²) in [6, 6.07) is 5.97. The Morgan fingerprint density at radius 1 is 1.33 bits per heavy atom. The van der Waals surface area contributed by atoms with Gasteiger partial charge < -0.3 is 4.74 Å². The van der Waals surface area contributed by atoms with E-state index >= 15 is 0 Å². The molecule has 2 aromatic rings. The number of hydrogen-bond donors (Lipinski definition) is 1. The third kappa shape index (κ3) is 3.96. The fourth-order valence-electron chi connectivity index (χ4n) is 3.12. The molecule has 9 heteroatoms. The number of aryl methyl sites for hydroxylation is 1. The van der Waals surface area contributed by atoms with Crippen LogP contribution in [-0.4, -0.2) is 31.7 Å². The maximum absolute atomic E-state index is 12.2. The van der Waals surface area contributed by atoms with Crippen molar-refractivity contribution in [3.8, 4) is 5.75 Å². The first kappa shape index (κ1) is 19.3. The molecule has 1 aliphatic rings. The highest BCUT2D eigenvalue weighted by atomic mass is 35.5. The Labute approximate surface area is 161 Å². The minimum absolute atomic E-state index is 0.0467. The highest BCUT2D eigenvalue weighted by Crippen LogP contribution is 2.40. The van der Waals surface area contributed by atoms with Crippen molar-refractivity contribution < 1.29 is 22.7 Å². The van der Waals surface area contributed by atoms with Crippen molar-refractivity contribution in [2.24, 2.45) is 0 Å². The second kappa shape index (κ2) is 7.28. The molecule has 142 valence electrons. The third-order valence-electron chi connectivity index (χ3n) is 4.27. The first-order valence-corrected chi connectivity index (χ1v) is 10.0. The van der Waals surface area contributed by atoms with Crippen molar-refractivity contribution in [3.05, 3.63) is 52.2 Å². The Morgan fingerprint density at radius 2 is 2.07 bits per heavy atom. The second-order valence-corrected chi connectivity index (χ2v) is 8.40. The van der Waals surface area contributed by atoms with Crippen LogP contribution in [0.1, 0.15) is 40.7 Å². The van der Waals surface area contributed by atoms with Crippen LogP contribution >= 0.6 is 11.6 Å². The van der Waals surface area contributed by atoms with Crippen molar-refractivity contribution in [2.75, 3.05) is 6.61 Å². The van der Waals surface area contributed by atoms with Crippen LogP contribution in [0.2, 0.25) is 5.02 Å². The van der Waals surface area contributed by atoms with Crippen molar-refractivity contribution in [2.45, 2.75) is 31.2 Å². The van der Waals surface area contributed by atoms with Crippen molar-refractivity contribution in [1.29, 1.82) is 0 Å². The van der Waals surface area contributed by atoms with Gasteiger partial charge in [0, 0.05) is 12.6 Å². The van der Waals surface area contributed by atoms with Crippen LogP contribution in [0.4, 0.5) is 0 Å². The van der Waals surface area contributed by atoms with Crippen LogP contribution in [0.5, 0.6) is 5.75 Å². The van der Waals surface area contributed by atoms with Gasteiger partial charge in [0.05, 0.1) is 10.6 Å². The molecule has 0 saturated heterocycles. The number of carbonyl (C=O) groups is 2. The van der Waals surface area contributed by atoms with E-state index in [-0.39, 0.29) is 27.5 Å². The fourth-order valence-corrected chi connectivity index (χ4v) is 4.14. The normalized spacial score (nSPS) is 16.1. The molecule has 1 atom stereocenters. The summed E-state index contributed by atoms with van der Waals surface area (Å²) in [5.74, 6) is -0.558. The molecule has 7 nitrogen and oxygen atoms in total. The monoisotopic (exact) mass is 408 g/mol. The topological polar surface area (TPSA) is 102 Å². The van der Waals surface area contributed by atoms with Crippen LogP contribution in [0.25, 0.3) is 0 Å². The molecular weight excluding hydrogens is 392 g/mol. The number of sulfonamides is 1. The van der Waals surface area contributed by atoms with E-state index in [1.165, 1.54) is 18.3 Å². The number of fused-ring (bicyclic) bond motifs is 1. The smallest absolute Gasteiger partial charge is 0.281 e. The number of carbonyl (C=O) groups excluding carboxylic acids is 2. The second-order valence-electron chi connectivity index (χ2n) is 6.33. The number of halogens is 1. The number of ether oxygens (including phenoxy) is 1. The van der Waals surface area contributed by atoms with Crippen molar-refractivity contribution >= 4 is 33.3 Å². The molecule has 0 fully saturated rings. The van der Waals surface area contributed by atoms with Crippen molar-refractivity contribution in [3.63, 3.8) is 0 Å². The Balaban J connectivity index is 1.72. The summed E-state index contributed by atoms with van der Waals surface area (Å²) in [6.45, 7) is 3.32. The molecule has 0 aliphatic heterocycles. The molecular formula is C18H17ClN2O5S. The fraction of sp³-hybridized carbons (Fsp3) is 0.278. The van der Waals surface area contributed by atoms with Gasteiger partial charge in [0.2, 0.25) is 0 Å². The number of nitrogens with zero attached hydrogens (tertiary/aromatic N) is 1. The van der Waals surface area contributed by atoms with E-state index in [0.29, 0.717) is 12.0 Å². The Kier molecular flexibility index (Phi) is 5.21. The van der Waals surface area contributed by atoms with Gasteiger partial charge in [-0.25, -0.2) is 9.71 Å². The van der Waals surface area contributed by atoms with Gasteiger partial charge in [0.15, 0.2) is 17.4 Å². The predicted octanol–water partition coefficient (Wildman–Crippen LogP) is 2.62. The number of hydrogen-bond acceptors (Lipinski definition) is 6. The molecule has 0 saturated carbocycles. The standard InChI is InChI=1S/C18H17ClN2O5S/c1-10-3-5-14(18-13(22)7-11(2)17(10)18)26-9-15(23)21-27(24,25)16-6-4-12(19)8-20-16/h3-6,8,11H,7,9H2,1-2H3,(H,21,23). The van der Waals surface area contributed by atoms with E-state index in [4.69, 9.17) is 16.3 Å². The highest BCUT2D eigenvalue weighted by Gasteiger charge is 2.31. The first-order chi connectivity index (χ1) is 12.7. The molecule has 1 amide bonds. The maximum atomic E-state index is 12.2. The van der Waals surface area contributed by atoms with Crippen LogP contribution in [0.3, 0.4) is 0 Å². The molecule has 1 unspecified atom stereocenters. The largest absolute Gasteiger partial charge is 0.483 e. The zero-order valence-corrected chi connectivity index (χ0v) is 16.2. The zero-order chi connectivity index (χ0) is 19.8. The molecule has 27 heavy (non-hydrogen) atoms. The Hall–Kier alpha value is -2.45. The quantitative estimate of drug-likeness (QED) is 0.815. The van der Waals surface area contributed by atoms with Crippen LogP contribution < -0.4 is 9.46 Å². The highest BCUT2D eigenvalue weighted by molar-refractivity contribution is 7.90. The molecule has 0 spiro atoms. The number of aromatic nitrogens is 1. The van der Waals surface area contributed by atoms with Crippen molar-refractivity contribution in [1.82, 2.24) is 9.71 Å². The molecule has 1 N–H and O–H groups in total. The maximum Gasteiger partial charge on any atom is 0.281 e. The Morgan fingerprint density at radius 3 is 2.74 bits per heavy atom. The van der Waals surface area contributed by atoms with Crippen LogP contribution in [0, 0.1) is 6.92 Å². The molecule has 3 rings (SSSR count). The SMILES string of the molecule is Cc1ccc(OCC(=O)NS(=O)(=O)c2ccc(Cl)cn2)c2c1C(C)CC2=O. The van der Waals surface area contributed by atoms with Gasteiger partial charge >= 0.3 is 0 Å². The van der Waals surface area contributed by atoms with E-state index in [1.54, 1.807) is 6.07 Å². The average Bonchev–Trinajstić information content (AvgIpc) is 2.90. The first-order valence-electron chi connectivity index (χ1n) is 8.15. The van der Waals surface area contributed by atoms with Gasteiger partial charge in [0.1, 0.15) is 5.75 Å². The third-order valence-corrected chi connectivity index (χ3v) is 5.78. The summed E-state index contributed by atoms with van der Waals surface area (Å²) < 4.78 is 31.6. The molecule has 1 aliphatic carbocycles. The van der Waals surface area contributed by atoms with E-state index in [2.05, 4.69) is 4.98 Å². The summed E-state index contributed by atoms with van der Waals surface area (Å²) in [5, 5.41) is -0.0591. The summed E-state index contributed by atoms with van der Waals surface area (Å²) in [5.41, 5.74) is 2.37. The van der Waals surface area contributed by atoms with Gasteiger partial charge in [-0.2, -0.15) is 8.42 Å². The number of benzene rings is 1. The van der Waals surface area contributed by atoms with E-state index in [1.807, 2.05) is 24.6 Å². The summed E-state index contributed by atoms with van der Waals surface area (Å²) in [6.07, 6.45) is 1.55. The number of Topliss-reactive ketones (excluding diaryl/α,β-unsaturated/α-hetero) is 1. The summed E-state index contributed by atoms with van der Waals surface area (Å²) in [7, 11) is -4.13. The summed E-state index contributed by atoms with van der Waals surface area (Å²) >= 11 is 5.67. The lowest BCUT2D eigenvalue weighted by Gasteiger charge is -2.13. The predicted molar refractivity (Wildman–Crippen MR) is 98.6 cm³/mol. The summed E-state index contributed by atoms with van der Waals surface area (Å²) in [4.78, 5) is 27.9. The van der Waals surface area contributed by atoms with Gasteiger partial charge in [0.25, 0.3) is 15.9 Å². The minimum atomic E-state index is -4.13. The number of nitrogens with one attached hydrogen (secondary N) is 1. The number of rotatable bonds is 5. The zero-order valence-electron chi connectivity index (χ0n) is 14.7. The van der Waals surface area contributed by atoms with Gasteiger partial charge in [-0.05, 0) is 42.2 Å². The number of ketones is 1. The van der Waals surface area contributed by atoms with E-state index in [0.717, 1.165) is 11.1 Å². The van der Waals surface area contributed by atoms with Gasteiger partial charge in [-0.3, -0.25) is 9.59 Å². The van der Waals surface area contributed by atoms with Crippen LogP contribution in [-0.2, 0) is 14.8 Å². The number of pyridine rings is 1. The molecule has 1 aromatic heterocycles. The molecule has 0 radical (unpaired) electrons. The van der Waals surface area contributed by atoms with Gasteiger partial charge in [-0.15, -0.1) is 0 Å². The lowest BCUT2D eigenvalue weighted by atomic mass is 9.97. The molecule has 1 aromatic carbocycles. The Bertz CT molecular complexity index is 1020. The molecule has 1 heterocycles. The average molecular weight is 409 g/mol.